The van der Waals surface area contributed by atoms with Crippen molar-refractivity contribution in [2.45, 2.75) is 31.9 Å². The molecule has 0 spiro atoms. The van der Waals surface area contributed by atoms with Crippen LogP contribution in [0.5, 0.6) is 0 Å². The molecule has 2 N–H and O–H groups in total. The smallest absolute Gasteiger partial charge is 0.336 e. The average molecular weight is 314 g/mol. The molecule has 18 heavy (non-hydrogen) atoms. The van der Waals surface area contributed by atoms with Crippen molar-refractivity contribution in [3.05, 3.63) is 28.2 Å². The summed E-state index contributed by atoms with van der Waals surface area (Å²) < 4.78 is 6.19. The Labute approximate surface area is 114 Å². The van der Waals surface area contributed by atoms with Crippen molar-refractivity contribution in [3.63, 3.8) is 0 Å². The van der Waals surface area contributed by atoms with E-state index in [2.05, 4.69) is 28.2 Å². The van der Waals surface area contributed by atoms with Crippen LogP contribution in [0.3, 0.4) is 0 Å². The monoisotopic (exact) mass is 313 g/mol. The molecule has 98 valence electrons. The lowest BCUT2D eigenvalue weighted by atomic mass is 10.1. The topological polar surface area (TPSA) is 58.6 Å². The Balaban J connectivity index is 2.05. The molecule has 2 atom stereocenters. The summed E-state index contributed by atoms with van der Waals surface area (Å²) in [4.78, 5) is 10.9. The molecule has 1 saturated heterocycles. The van der Waals surface area contributed by atoms with Crippen molar-refractivity contribution < 1.29 is 14.6 Å². The number of carbonyl (C=O) groups is 1. The van der Waals surface area contributed by atoms with Crippen LogP contribution in [0.15, 0.2) is 22.7 Å². The van der Waals surface area contributed by atoms with Crippen LogP contribution >= 0.6 is 15.9 Å². The van der Waals surface area contributed by atoms with Crippen molar-refractivity contribution in [2.75, 3.05) is 11.9 Å². The van der Waals surface area contributed by atoms with E-state index < -0.39 is 5.97 Å². The number of rotatable bonds is 4. The zero-order valence-electron chi connectivity index (χ0n) is 10.1. The van der Waals surface area contributed by atoms with Gasteiger partial charge in [0.25, 0.3) is 0 Å². The molecule has 0 saturated carbocycles. The first-order chi connectivity index (χ1) is 8.58. The molecule has 1 aliphatic heterocycles. The van der Waals surface area contributed by atoms with E-state index in [0.29, 0.717) is 4.47 Å². The van der Waals surface area contributed by atoms with Gasteiger partial charge in [0.15, 0.2) is 0 Å². The minimum Gasteiger partial charge on any atom is -0.478 e. The first kappa shape index (κ1) is 13.4. The van der Waals surface area contributed by atoms with Gasteiger partial charge in [0, 0.05) is 22.8 Å². The number of benzene rings is 1. The SMILES string of the molecule is CC(Nc1ccc(C(=O)O)c(Br)c1)C1CCCO1. The van der Waals surface area contributed by atoms with E-state index in [4.69, 9.17) is 9.84 Å². The normalized spacial score (nSPS) is 20.7. The summed E-state index contributed by atoms with van der Waals surface area (Å²) in [5, 5.41) is 12.3. The van der Waals surface area contributed by atoms with Crippen LogP contribution in [0.2, 0.25) is 0 Å². The van der Waals surface area contributed by atoms with Crippen LogP contribution < -0.4 is 5.32 Å². The van der Waals surface area contributed by atoms with Gasteiger partial charge in [0.1, 0.15) is 0 Å². The van der Waals surface area contributed by atoms with Gasteiger partial charge in [0.05, 0.1) is 11.7 Å². The third-order valence-corrected chi connectivity index (χ3v) is 3.77. The van der Waals surface area contributed by atoms with E-state index in [1.54, 1.807) is 18.2 Å². The van der Waals surface area contributed by atoms with Gasteiger partial charge >= 0.3 is 5.97 Å². The molecular weight excluding hydrogens is 298 g/mol. The predicted octanol–water partition coefficient (Wildman–Crippen LogP) is 3.13. The summed E-state index contributed by atoms with van der Waals surface area (Å²) in [7, 11) is 0. The van der Waals surface area contributed by atoms with Crippen LogP contribution in [0.4, 0.5) is 5.69 Å². The lowest BCUT2D eigenvalue weighted by Gasteiger charge is -2.21. The zero-order chi connectivity index (χ0) is 13.1. The number of anilines is 1. The number of hydrogen-bond donors (Lipinski definition) is 2. The van der Waals surface area contributed by atoms with Crippen molar-refractivity contribution in [1.29, 1.82) is 0 Å². The Morgan fingerprint density at radius 3 is 2.94 bits per heavy atom. The van der Waals surface area contributed by atoms with Gasteiger partial charge in [-0.15, -0.1) is 0 Å². The number of hydrogen-bond acceptors (Lipinski definition) is 3. The maximum absolute atomic E-state index is 10.9. The minimum atomic E-state index is -0.930. The van der Waals surface area contributed by atoms with E-state index in [1.165, 1.54) is 0 Å². The second-order valence-electron chi connectivity index (χ2n) is 4.48. The highest BCUT2D eigenvalue weighted by Crippen LogP contribution is 2.24. The average Bonchev–Trinajstić information content (AvgIpc) is 2.81. The molecule has 1 aromatic rings. The third kappa shape index (κ3) is 3.03. The van der Waals surface area contributed by atoms with Gasteiger partial charge in [-0.05, 0) is 53.9 Å². The van der Waals surface area contributed by atoms with Crippen LogP contribution in [0.1, 0.15) is 30.1 Å². The molecule has 0 aromatic heterocycles. The maximum Gasteiger partial charge on any atom is 0.336 e. The fraction of sp³-hybridized carbons (Fsp3) is 0.462. The van der Waals surface area contributed by atoms with E-state index in [1.807, 2.05) is 0 Å². The molecule has 1 heterocycles. The molecule has 5 heteroatoms. The zero-order valence-corrected chi connectivity index (χ0v) is 11.7. The van der Waals surface area contributed by atoms with Crippen molar-refractivity contribution in [2.24, 2.45) is 0 Å². The Morgan fingerprint density at radius 1 is 1.61 bits per heavy atom. The van der Waals surface area contributed by atoms with E-state index in [9.17, 15) is 4.79 Å². The van der Waals surface area contributed by atoms with Crippen molar-refractivity contribution in [1.82, 2.24) is 0 Å². The number of halogens is 1. The van der Waals surface area contributed by atoms with Crippen molar-refractivity contribution in [3.8, 4) is 0 Å². The first-order valence-corrected chi connectivity index (χ1v) is 6.78. The van der Waals surface area contributed by atoms with Gasteiger partial charge in [-0.25, -0.2) is 4.79 Å². The Kier molecular flexibility index (Phi) is 4.24. The summed E-state index contributed by atoms with van der Waals surface area (Å²) in [6, 6.07) is 5.38. The Hall–Kier alpha value is -1.07. The maximum atomic E-state index is 10.9. The lowest BCUT2D eigenvalue weighted by molar-refractivity contribution is 0.0696. The molecule has 1 aliphatic rings. The van der Waals surface area contributed by atoms with Crippen LogP contribution in [0, 0.1) is 0 Å². The molecule has 0 aliphatic carbocycles. The summed E-state index contributed by atoms with van der Waals surface area (Å²) in [6.07, 6.45) is 2.42. The van der Waals surface area contributed by atoms with Gasteiger partial charge < -0.3 is 15.2 Å². The largest absolute Gasteiger partial charge is 0.478 e. The minimum absolute atomic E-state index is 0.218. The third-order valence-electron chi connectivity index (χ3n) is 3.12. The number of nitrogens with one attached hydrogen (secondary N) is 1. The molecule has 0 amide bonds. The molecular formula is C13H16BrNO3. The van der Waals surface area contributed by atoms with Gasteiger partial charge in [-0.3, -0.25) is 0 Å². The van der Waals surface area contributed by atoms with Gasteiger partial charge in [-0.1, -0.05) is 0 Å². The Morgan fingerprint density at radius 2 is 2.39 bits per heavy atom. The highest BCUT2D eigenvalue weighted by molar-refractivity contribution is 9.10. The lowest BCUT2D eigenvalue weighted by Crippen LogP contribution is -2.29. The second-order valence-corrected chi connectivity index (χ2v) is 5.34. The van der Waals surface area contributed by atoms with E-state index in [0.717, 1.165) is 25.1 Å². The number of aromatic carboxylic acids is 1. The molecule has 0 radical (unpaired) electrons. The van der Waals surface area contributed by atoms with Crippen LogP contribution in [-0.4, -0.2) is 29.8 Å². The van der Waals surface area contributed by atoms with Gasteiger partial charge in [0.2, 0.25) is 0 Å². The second kappa shape index (κ2) is 5.71. The summed E-state index contributed by atoms with van der Waals surface area (Å²) in [6.45, 7) is 2.91. The van der Waals surface area contributed by atoms with Gasteiger partial charge in [-0.2, -0.15) is 0 Å². The molecule has 1 fully saturated rings. The van der Waals surface area contributed by atoms with Crippen molar-refractivity contribution >= 4 is 27.6 Å². The molecule has 2 unspecified atom stereocenters. The first-order valence-electron chi connectivity index (χ1n) is 5.99. The van der Waals surface area contributed by atoms with E-state index >= 15 is 0 Å². The predicted molar refractivity (Wildman–Crippen MR) is 73.2 cm³/mol. The van der Waals surface area contributed by atoms with Crippen LogP contribution in [-0.2, 0) is 4.74 Å². The summed E-state index contributed by atoms with van der Waals surface area (Å²) in [5.41, 5.74) is 1.17. The standard InChI is InChI=1S/C13H16BrNO3/c1-8(12-3-2-6-18-12)15-9-4-5-10(13(16)17)11(14)7-9/h4-5,7-8,12,15H,2-3,6H2,1H3,(H,16,17). The fourth-order valence-electron chi connectivity index (χ4n) is 2.13. The van der Waals surface area contributed by atoms with E-state index in [-0.39, 0.29) is 17.7 Å². The number of ether oxygens (including phenoxy) is 1. The van der Waals surface area contributed by atoms with Crippen LogP contribution in [0.25, 0.3) is 0 Å². The summed E-state index contributed by atoms with van der Waals surface area (Å²) >= 11 is 3.27. The Bertz CT molecular complexity index is 444. The molecule has 2 rings (SSSR count). The number of carboxylic acid groups (broad SMARTS) is 1. The fourth-order valence-corrected chi connectivity index (χ4v) is 2.68. The molecule has 4 nitrogen and oxygen atoms in total. The number of carboxylic acids is 1. The molecule has 0 bridgehead atoms. The highest BCUT2D eigenvalue weighted by Gasteiger charge is 2.22. The quantitative estimate of drug-likeness (QED) is 0.896. The summed E-state index contributed by atoms with van der Waals surface area (Å²) in [5.74, 6) is -0.930. The highest BCUT2D eigenvalue weighted by atomic mass is 79.9. The molecule has 1 aromatic carbocycles.